The van der Waals surface area contributed by atoms with Gasteiger partial charge in [-0.2, -0.15) is 0 Å². The smallest absolute Gasteiger partial charge is 0.117 e. The van der Waals surface area contributed by atoms with Crippen LogP contribution in [-0.2, 0) is 0 Å². The number of aliphatic imine (C=N–C) groups is 1. The first-order valence-electron chi connectivity index (χ1n) is 6.94. The molecule has 0 aliphatic heterocycles. The monoisotopic (exact) mass is 272 g/mol. The van der Waals surface area contributed by atoms with E-state index in [9.17, 15) is 5.11 Å². The minimum atomic E-state index is 0.242. The number of anilines is 1. The lowest BCUT2D eigenvalue weighted by Gasteiger charge is -2.09. The Bertz CT molecular complexity index is 515. The van der Waals surface area contributed by atoms with Crippen LogP contribution in [0.5, 0.6) is 5.75 Å². The van der Waals surface area contributed by atoms with Crippen LogP contribution in [0.3, 0.4) is 0 Å². The average Bonchev–Trinajstić information content (AvgIpc) is 2.36. The molecule has 0 unspecified atom stereocenters. The Morgan fingerprint density at radius 2 is 2.15 bits per heavy atom. The van der Waals surface area contributed by atoms with Crippen LogP contribution in [-0.4, -0.2) is 10.8 Å². The fourth-order valence-corrected chi connectivity index (χ4v) is 1.87. The summed E-state index contributed by atoms with van der Waals surface area (Å²) in [4.78, 5) is 4.45. The van der Waals surface area contributed by atoms with E-state index in [-0.39, 0.29) is 5.75 Å². The zero-order valence-electron chi connectivity index (χ0n) is 12.6. The molecule has 0 aliphatic carbocycles. The first-order chi connectivity index (χ1) is 9.51. The van der Waals surface area contributed by atoms with Gasteiger partial charge < -0.3 is 10.4 Å². The highest BCUT2D eigenvalue weighted by atomic mass is 16.3. The molecule has 0 saturated heterocycles. The summed E-state index contributed by atoms with van der Waals surface area (Å²) in [6, 6.07) is 7.00. The molecule has 3 nitrogen and oxygen atoms in total. The molecule has 0 atom stereocenters. The zero-order valence-corrected chi connectivity index (χ0v) is 12.6. The summed E-state index contributed by atoms with van der Waals surface area (Å²) in [5.74, 6) is 0.242. The van der Waals surface area contributed by atoms with Gasteiger partial charge in [-0.3, -0.25) is 4.99 Å². The standard InChI is InChI=1S/C17H24N2O/c1-5-7-13(2)12-18-14(3)10-15(4)19-16-8-6-9-17(20)11-16/h6,8-9,11-12,19-20H,4-5,7,10H2,1-3H3/b13-12+,18-14?. The predicted molar refractivity (Wildman–Crippen MR) is 87.3 cm³/mol. The fourth-order valence-electron chi connectivity index (χ4n) is 1.87. The number of hydrogen-bond donors (Lipinski definition) is 2. The summed E-state index contributed by atoms with van der Waals surface area (Å²) in [6.45, 7) is 10.2. The van der Waals surface area contributed by atoms with Crippen molar-refractivity contribution in [1.82, 2.24) is 0 Å². The van der Waals surface area contributed by atoms with Gasteiger partial charge in [-0.1, -0.05) is 31.6 Å². The van der Waals surface area contributed by atoms with Crippen molar-refractivity contribution in [2.45, 2.75) is 40.0 Å². The Hall–Kier alpha value is -2.03. The maximum absolute atomic E-state index is 9.40. The molecule has 0 amide bonds. The van der Waals surface area contributed by atoms with Crippen molar-refractivity contribution in [2.75, 3.05) is 5.32 Å². The lowest BCUT2D eigenvalue weighted by atomic mass is 10.2. The van der Waals surface area contributed by atoms with Gasteiger partial charge in [0.15, 0.2) is 0 Å². The normalized spacial score (nSPS) is 12.3. The van der Waals surface area contributed by atoms with Crippen LogP contribution in [0, 0.1) is 0 Å². The lowest BCUT2D eigenvalue weighted by Crippen LogP contribution is -2.02. The molecule has 0 fully saturated rings. The van der Waals surface area contributed by atoms with Crippen molar-refractivity contribution >= 4 is 11.4 Å². The number of allylic oxidation sites excluding steroid dienone is 2. The highest BCUT2D eigenvalue weighted by Gasteiger charge is 1.99. The molecule has 0 bridgehead atoms. The summed E-state index contributed by atoms with van der Waals surface area (Å²) >= 11 is 0. The Kier molecular flexibility index (Phi) is 6.57. The van der Waals surface area contributed by atoms with Gasteiger partial charge in [0.05, 0.1) is 0 Å². The topological polar surface area (TPSA) is 44.6 Å². The Labute approximate surface area is 121 Å². The van der Waals surface area contributed by atoms with E-state index >= 15 is 0 Å². The van der Waals surface area contributed by atoms with Crippen LogP contribution in [0.2, 0.25) is 0 Å². The molecule has 1 aromatic carbocycles. The molecule has 1 rings (SSSR count). The first-order valence-corrected chi connectivity index (χ1v) is 6.94. The van der Waals surface area contributed by atoms with Gasteiger partial charge in [0, 0.05) is 35.8 Å². The lowest BCUT2D eigenvalue weighted by molar-refractivity contribution is 0.475. The maximum atomic E-state index is 9.40. The van der Waals surface area contributed by atoms with Crippen LogP contribution in [0.25, 0.3) is 0 Å². The van der Waals surface area contributed by atoms with Crippen molar-refractivity contribution in [3.63, 3.8) is 0 Å². The number of nitrogens with zero attached hydrogens (tertiary/aromatic N) is 1. The quantitative estimate of drug-likeness (QED) is 0.695. The first kappa shape index (κ1) is 16.0. The second-order valence-corrected chi connectivity index (χ2v) is 5.05. The van der Waals surface area contributed by atoms with Crippen molar-refractivity contribution in [3.8, 4) is 5.75 Å². The van der Waals surface area contributed by atoms with E-state index in [1.54, 1.807) is 18.2 Å². The molecule has 0 aliphatic rings. The number of hydrogen-bond acceptors (Lipinski definition) is 3. The third kappa shape index (κ3) is 6.23. The molecule has 3 heteroatoms. The van der Waals surface area contributed by atoms with Gasteiger partial charge in [0.1, 0.15) is 5.75 Å². The fraction of sp³-hybridized carbons (Fsp3) is 0.353. The average molecular weight is 272 g/mol. The van der Waals surface area contributed by atoms with E-state index in [1.165, 1.54) is 5.57 Å². The maximum Gasteiger partial charge on any atom is 0.117 e. The largest absolute Gasteiger partial charge is 0.508 e. The number of benzene rings is 1. The summed E-state index contributed by atoms with van der Waals surface area (Å²) in [5.41, 5.74) is 4.00. The van der Waals surface area contributed by atoms with Crippen LogP contribution in [0.4, 0.5) is 5.69 Å². The third-order valence-electron chi connectivity index (χ3n) is 2.79. The SMILES string of the molecule is C=C(CC(C)=N/C=C(\C)CCC)Nc1cccc(O)c1. The van der Waals surface area contributed by atoms with Gasteiger partial charge in [-0.15, -0.1) is 0 Å². The second kappa shape index (κ2) is 8.20. The molecule has 0 spiro atoms. The van der Waals surface area contributed by atoms with Crippen molar-refractivity contribution in [3.05, 3.63) is 48.3 Å². The molecular weight excluding hydrogens is 248 g/mol. The van der Waals surface area contributed by atoms with Crippen molar-refractivity contribution in [1.29, 1.82) is 0 Å². The van der Waals surface area contributed by atoms with E-state index in [4.69, 9.17) is 0 Å². The van der Waals surface area contributed by atoms with Crippen LogP contribution >= 0.6 is 0 Å². The summed E-state index contributed by atoms with van der Waals surface area (Å²) < 4.78 is 0. The molecule has 0 aromatic heterocycles. The molecule has 0 heterocycles. The molecule has 0 saturated carbocycles. The molecule has 20 heavy (non-hydrogen) atoms. The summed E-state index contributed by atoms with van der Waals surface area (Å²) in [6.07, 6.45) is 4.84. The number of nitrogens with one attached hydrogen (secondary N) is 1. The molecule has 1 aromatic rings. The number of phenolic OH excluding ortho intramolecular Hbond substituents is 1. The van der Waals surface area contributed by atoms with Crippen molar-refractivity contribution < 1.29 is 5.11 Å². The minimum Gasteiger partial charge on any atom is -0.508 e. The molecule has 2 N–H and O–H groups in total. The number of phenols is 1. The van der Waals surface area contributed by atoms with Gasteiger partial charge in [0.25, 0.3) is 0 Å². The van der Waals surface area contributed by atoms with Gasteiger partial charge >= 0.3 is 0 Å². The molecular formula is C17H24N2O. The zero-order chi connectivity index (χ0) is 15.0. The van der Waals surface area contributed by atoms with Crippen molar-refractivity contribution in [2.24, 2.45) is 4.99 Å². The molecule has 0 radical (unpaired) electrons. The van der Waals surface area contributed by atoms with E-state index in [0.29, 0.717) is 6.42 Å². The van der Waals surface area contributed by atoms with Gasteiger partial charge in [-0.25, -0.2) is 0 Å². The van der Waals surface area contributed by atoms with E-state index < -0.39 is 0 Å². The summed E-state index contributed by atoms with van der Waals surface area (Å²) in [7, 11) is 0. The molecule has 108 valence electrons. The Balaban J connectivity index is 2.53. The van der Waals surface area contributed by atoms with E-state index in [1.807, 2.05) is 19.2 Å². The summed E-state index contributed by atoms with van der Waals surface area (Å²) in [5, 5.41) is 12.6. The predicted octanol–water partition coefficient (Wildman–Crippen LogP) is 4.87. The van der Waals surface area contributed by atoms with Crippen LogP contribution in [0.15, 0.2) is 53.3 Å². The van der Waals surface area contributed by atoms with Crippen LogP contribution < -0.4 is 5.32 Å². The highest BCUT2D eigenvalue weighted by molar-refractivity contribution is 5.85. The van der Waals surface area contributed by atoms with Crippen LogP contribution in [0.1, 0.15) is 40.0 Å². The second-order valence-electron chi connectivity index (χ2n) is 5.05. The Morgan fingerprint density at radius 1 is 1.40 bits per heavy atom. The third-order valence-corrected chi connectivity index (χ3v) is 2.79. The highest BCUT2D eigenvalue weighted by Crippen LogP contribution is 2.17. The van der Waals surface area contributed by atoms with E-state index in [2.05, 4.69) is 30.7 Å². The number of rotatable bonds is 7. The van der Waals surface area contributed by atoms with Gasteiger partial charge in [-0.05, 0) is 32.4 Å². The van der Waals surface area contributed by atoms with E-state index in [0.717, 1.165) is 29.9 Å². The van der Waals surface area contributed by atoms with Gasteiger partial charge in [0.2, 0.25) is 0 Å². The Morgan fingerprint density at radius 3 is 2.80 bits per heavy atom. The minimum absolute atomic E-state index is 0.242. The number of aromatic hydroxyl groups is 1.